The van der Waals surface area contributed by atoms with Crippen LogP contribution in [0.3, 0.4) is 0 Å². The first-order valence-electron chi connectivity index (χ1n) is 6.43. The Morgan fingerprint density at radius 1 is 1.50 bits per heavy atom. The van der Waals surface area contributed by atoms with E-state index in [-0.39, 0.29) is 24.2 Å². The number of fused-ring (bicyclic) bond motifs is 1. The number of carbonyl (C=O) groups excluding carboxylic acids is 1. The van der Waals surface area contributed by atoms with Gasteiger partial charge in [-0.3, -0.25) is 4.79 Å². The van der Waals surface area contributed by atoms with Crippen molar-refractivity contribution in [2.45, 2.75) is 26.3 Å². The van der Waals surface area contributed by atoms with E-state index >= 15 is 0 Å². The van der Waals surface area contributed by atoms with Crippen molar-refractivity contribution in [1.29, 1.82) is 0 Å². The van der Waals surface area contributed by atoms with Crippen LogP contribution < -0.4 is 11.1 Å². The summed E-state index contributed by atoms with van der Waals surface area (Å²) in [6.45, 7) is 6.45. The van der Waals surface area contributed by atoms with E-state index in [9.17, 15) is 4.79 Å². The van der Waals surface area contributed by atoms with E-state index < -0.39 is 5.54 Å². The zero-order valence-corrected chi connectivity index (χ0v) is 12.8. The third kappa shape index (κ3) is 2.94. The number of halogens is 1. The maximum absolute atomic E-state index is 12.4. The van der Waals surface area contributed by atoms with Gasteiger partial charge >= 0.3 is 0 Å². The summed E-state index contributed by atoms with van der Waals surface area (Å²) in [6, 6.07) is 5.63. The van der Waals surface area contributed by atoms with Crippen molar-refractivity contribution in [3.05, 3.63) is 36.2 Å². The molecule has 2 aromatic heterocycles. The lowest BCUT2D eigenvalue weighted by molar-refractivity contribution is 0.0885. The minimum Gasteiger partial charge on any atom is -0.345 e. The lowest BCUT2D eigenvalue weighted by Gasteiger charge is -2.33. The van der Waals surface area contributed by atoms with Gasteiger partial charge in [0.25, 0.3) is 5.91 Å². The second-order valence-corrected chi connectivity index (χ2v) is 5.32. The molecule has 6 heteroatoms. The van der Waals surface area contributed by atoms with Crippen molar-refractivity contribution in [3.63, 3.8) is 0 Å². The molecule has 2 aromatic rings. The maximum Gasteiger partial charge on any atom is 0.255 e. The Bertz CT molecular complexity index is 596. The molecule has 1 atom stereocenters. The van der Waals surface area contributed by atoms with Crippen molar-refractivity contribution in [1.82, 2.24) is 14.9 Å². The first-order chi connectivity index (χ1) is 8.98. The summed E-state index contributed by atoms with van der Waals surface area (Å²) in [4.78, 5) is 12.4. The fourth-order valence-electron chi connectivity index (χ4n) is 1.87. The highest BCUT2D eigenvalue weighted by molar-refractivity contribution is 6.00. The van der Waals surface area contributed by atoms with Gasteiger partial charge in [0, 0.05) is 12.7 Å². The quantitative estimate of drug-likeness (QED) is 0.904. The van der Waals surface area contributed by atoms with Crippen molar-refractivity contribution in [2.24, 2.45) is 11.7 Å². The van der Waals surface area contributed by atoms with Crippen molar-refractivity contribution in [2.75, 3.05) is 6.54 Å². The number of hydrogen-bond donors (Lipinski definition) is 2. The van der Waals surface area contributed by atoms with E-state index in [1.165, 1.54) is 0 Å². The molecule has 0 aliphatic rings. The monoisotopic (exact) mass is 296 g/mol. The molecule has 0 fully saturated rings. The second-order valence-electron chi connectivity index (χ2n) is 5.32. The number of amides is 1. The van der Waals surface area contributed by atoms with Gasteiger partial charge in [-0.25, -0.2) is 4.52 Å². The SMILES string of the molecule is CC(C)C(C)(CN)NC(=O)c1cnn2ccccc12.Cl. The van der Waals surface area contributed by atoms with Gasteiger partial charge in [-0.15, -0.1) is 12.4 Å². The molecule has 5 nitrogen and oxygen atoms in total. The molecule has 0 saturated heterocycles. The van der Waals surface area contributed by atoms with Crippen LogP contribution in [0.25, 0.3) is 5.52 Å². The molecule has 0 saturated carbocycles. The summed E-state index contributed by atoms with van der Waals surface area (Å²) in [5.74, 6) is 0.117. The molecular formula is C14H21ClN4O. The summed E-state index contributed by atoms with van der Waals surface area (Å²) >= 11 is 0. The minimum absolute atomic E-state index is 0. The van der Waals surface area contributed by atoms with Crippen LogP contribution in [0.15, 0.2) is 30.6 Å². The first kappa shape index (κ1) is 16.5. The number of nitrogens with one attached hydrogen (secondary N) is 1. The Hall–Kier alpha value is -1.59. The third-order valence-corrected chi connectivity index (χ3v) is 3.77. The molecule has 0 bridgehead atoms. The molecule has 0 aliphatic heterocycles. The lowest BCUT2D eigenvalue weighted by Crippen LogP contribution is -2.55. The molecule has 2 heterocycles. The summed E-state index contributed by atoms with van der Waals surface area (Å²) in [5, 5.41) is 7.18. The van der Waals surface area contributed by atoms with E-state index in [1.54, 1.807) is 10.7 Å². The molecule has 0 spiro atoms. The number of hydrogen-bond acceptors (Lipinski definition) is 3. The summed E-state index contributed by atoms with van der Waals surface area (Å²) < 4.78 is 1.68. The van der Waals surface area contributed by atoms with E-state index in [1.807, 2.05) is 45.2 Å². The van der Waals surface area contributed by atoms with Crippen molar-refractivity contribution in [3.8, 4) is 0 Å². The molecular weight excluding hydrogens is 276 g/mol. The molecule has 3 N–H and O–H groups in total. The summed E-state index contributed by atoms with van der Waals surface area (Å²) in [5.41, 5.74) is 6.74. The predicted octanol–water partition coefficient (Wildman–Crippen LogP) is 1.86. The largest absolute Gasteiger partial charge is 0.345 e. The average molecular weight is 297 g/mol. The second kappa shape index (κ2) is 6.24. The Kier molecular flexibility index (Phi) is 5.14. The molecule has 0 radical (unpaired) electrons. The van der Waals surface area contributed by atoms with Crippen LogP contribution in [0.5, 0.6) is 0 Å². The van der Waals surface area contributed by atoms with E-state index in [4.69, 9.17) is 5.73 Å². The van der Waals surface area contributed by atoms with Crippen molar-refractivity contribution < 1.29 is 4.79 Å². The molecule has 2 rings (SSSR count). The topological polar surface area (TPSA) is 72.4 Å². The Morgan fingerprint density at radius 3 is 2.80 bits per heavy atom. The van der Waals surface area contributed by atoms with Gasteiger partial charge in [-0.2, -0.15) is 5.10 Å². The summed E-state index contributed by atoms with van der Waals surface area (Å²) in [6.07, 6.45) is 3.40. The van der Waals surface area contributed by atoms with Gasteiger partial charge in [0.1, 0.15) is 0 Å². The van der Waals surface area contributed by atoms with E-state index in [0.717, 1.165) is 5.52 Å². The standard InChI is InChI=1S/C14H20N4O.ClH/c1-10(2)14(3,9-15)17-13(19)11-8-16-18-7-5-4-6-12(11)18;/h4-8,10H,9,15H2,1-3H3,(H,17,19);1H. The first-order valence-corrected chi connectivity index (χ1v) is 6.43. The number of nitrogens with zero attached hydrogens (tertiary/aromatic N) is 2. The van der Waals surface area contributed by atoms with Crippen LogP contribution in [0, 0.1) is 5.92 Å². The van der Waals surface area contributed by atoms with Crippen LogP contribution in [0.1, 0.15) is 31.1 Å². The fraction of sp³-hybridized carbons (Fsp3) is 0.429. The normalized spacial score (nSPS) is 13.8. The van der Waals surface area contributed by atoms with Crippen LogP contribution >= 0.6 is 12.4 Å². The number of pyridine rings is 1. The van der Waals surface area contributed by atoms with Crippen molar-refractivity contribution >= 4 is 23.8 Å². The van der Waals surface area contributed by atoms with Gasteiger partial charge in [-0.05, 0) is 25.0 Å². The summed E-state index contributed by atoms with van der Waals surface area (Å²) in [7, 11) is 0. The molecule has 110 valence electrons. The molecule has 0 aromatic carbocycles. The smallest absolute Gasteiger partial charge is 0.255 e. The Labute approximate surface area is 124 Å². The van der Waals surface area contributed by atoms with Crippen LogP contribution in [0.2, 0.25) is 0 Å². The van der Waals surface area contributed by atoms with Gasteiger partial charge in [0.2, 0.25) is 0 Å². The molecule has 1 unspecified atom stereocenters. The number of rotatable bonds is 4. The molecule has 0 aliphatic carbocycles. The zero-order valence-electron chi connectivity index (χ0n) is 12.0. The highest BCUT2D eigenvalue weighted by atomic mass is 35.5. The van der Waals surface area contributed by atoms with Gasteiger partial charge in [0.15, 0.2) is 0 Å². The molecule has 1 amide bonds. The van der Waals surface area contributed by atoms with Gasteiger partial charge < -0.3 is 11.1 Å². The zero-order chi connectivity index (χ0) is 14.0. The number of carbonyl (C=O) groups is 1. The average Bonchev–Trinajstić information content (AvgIpc) is 2.82. The van der Waals surface area contributed by atoms with Crippen LogP contribution in [0.4, 0.5) is 0 Å². The van der Waals surface area contributed by atoms with Crippen LogP contribution in [-0.4, -0.2) is 27.6 Å². The van der Waals surface area contributed by atoms with E-state index in [2.05, 4.69) is 10.4 Å². The van der Waals surface area contributed by atoms with E-state index in [0.29, 0.717) is 12.1 Å². The third-order valence-electron chi connectivity index (χ3n) is 3.77. The number of aromatic nitrogens is 2. The molecule has 20 heavy (non-hydrogen) atoms. The number of nitrogens with two attached hydrogens (primary N) is 1. The van der Waals surface area contributed by atoms with Gasteiger partial charge in [-0.1, -0.05) is 19.9 Å². The van der Waals surface area contributed by atoms with Crippen LogP contribution in [-0.2, 0) is 0 Å². The maximum atomic E-state index is 12.4. The van der Waals surface area contributed by atoms with Gasteiger partial charge in [0.05, 0.1) is 22.8 Å². The lowest BCUT2D eigenvalue weighted by atomic mass is 9.88. The fourth-order valence-corrected chi connectivity index (χ4v) is 1.87. The highest BCUT2D eigenvalue weighted by Gasteiger charge is 2.29. The Morgan fingerprint density at radius 2 is 2.20 bits per heavy atom. The highest BCUT2D eigenvalue weighted by Crippen LogP contribution is 2.17. The minimum atomic E-state index is -0.417. The predicted molar refractivity (Wildman–Crippen MR) is 82.2 cm³/mol. The Balaban J connectivity index is 0.00000200.